The van der Waals surface area contributed by atoms with Gasteiger partial charge in [0.05, 0.1) is 6.54 Å². The van der Waals surface area contributed by atoms with Crippen LogP contribution in [0.3, 0.4) is 0 Å². The van der Waals surface area contributed by atoms with E-state index in [0.717, 1.165) is 12.8 Å². The van der Waals surface area contributed by atoms with Crippen molar-refractivity contribution in [1.29, 1.82) is 0 Å². The molecule has 2 aliphatic rings. The van der Waals surface area contributed by atoms with Crippen LogP contribution in [0.2, 0.25) is 0 Å². The highest BCUT2D eigenvalue weighted by atomic mass is 16.5. The van der Waals surface area contributed by atoms with Crippen molar-refractivity contribution >= 4 is 0 Å². The summed E-state index contributed by atoms with van der Waals surface area (Å²) in [6, 6.07) is 0.639. The van der Waals surface area contributed by atoms with E-state index >= 15 is 0 Å². The number of ether oxygens (including phenoxy) is 2. The Labute approximate surface area is 106 Å². The maximum Gasteiger partial charge on any atom is 0.240 e. The van der Waals surface area contributed by atoms with Gasteiger partial charge in [0.1, 0.15) is 5.60 Å². The van der Waals surface area contributed by atoms with Gasteiger partial charge in [0, 0.05) is 39.2 Å². The summed E-state index contributed by atoms with van der Waals surface area (Å²) in [7, 11) is 1.70. The van der Waals surface area contributed by atoms with E-state index < -0.39 is 5.60 Å². The topological polar surface area (TPSA) is 69.4 Å². The standard InChI is InChI=1S/C12H19N3O3/c1-16-12(4-6-17-7-5-12)11-14-10(18-15-11)8-13-9-2-3-9/h9,13H,2-8H2,1H3. The molecule has 1 aliphatic carbocycles. The number of rotatable bonds is 5. The fraction of sp³-hybridized carbons (Fsp3) is 0.833. The Balaban J connectivity index is 1.69. The molecule has 18 heavy (non-hydrogen) atoms. The first kappa shape index (κ1) is 12.1. The summed E-state index contributed by atoms with van der Waals surface area (Å²) in [4.78, 5) is 4.46. The molecule has 0 atom stereocenters. The molecule has 1 N–H and O–H groups in total. The highest BCUT2D eigenvalue weighted by Gasteiger charge is 2.39. The summed E-state index contributed by atoms with van der Waals surface area (Å²) >= 11 is 0. The molecule has 2 heterocycles. The van der Waals surface area contributed by atoms with Gasteiger partial charge in [-0.15, -0.1) is 0 Å². The molecule has 0 unspecified atom stereocenters. The molecule has 100 valence electrons. The lowest BCUT2D eigenvalue weighted by Gasteiger charge is -2.32. The monoisotopic (exact) mass is 253 g/mol. The summed E-state index contributed by atoms with van der Waals surface area (Å²) in [5, 5.41) is 7.43. The van der Waals surface area contributed by atoms with E-state index in [4.69, 9.17) is 14.0 Å². The van der Waals surface area contributed by atoms with Crippen LogP contribution >= 0.6 is 0 Å². The van der Waals surface area contributed by atoms with Crippen LogP contribution in [0.4, 0.5) is 0 Å². The van der Waals surface area contributed by atoms with Crippen molar-refractivity contribution in [3.8, 4) is 0 Å². The van der Waals surface area contributed by atoms with Crippen molar-refractivity contribution in [3.05, 3.63) is 11.7 Å². The molecule has 0 amide bonds. The Morgan fingerprint density at radius 2 is 2.17 bits per heavy atom. The lowest BCUT2D eigenvalue weighted by Crippen LogP contribution is -2.36. The second kappa shape index (κ2) is 4.95. The van der Waals surface area contributed by atoms with E-state index in [2.05, 4.69) is 15.5 Å². The molecule has 1 saturated heterocycles. The Kier molecular flexibility index (Phi) is 3.32. The SMILES string of the molecule is COC1(c2noc(CNC3CC3)n2)CCOCC1. The zero-order chi connectivity index (χ0) is 12.4. The first-order chi connectivity index (χ1) is 8.82. The third-order valence-corrected chi connectivity index (χ3v) is 3.69. The zero-order valence-electron chi connectivity index (χ0n) is 10.6. The summed E-state index contributed by atoms with van der Waals surface area (Å²) < 4.78 is 16.3. The van der Waals surface area contributed by atoms with E-state index in [-0.39, 0.29) is 0 Å². The molecule has 0 radical (unpaired) electrons. The smallest absolute Gasteiger partial charge is 0.240 e. The number of hydrogen-bond acceptors (Lipinski definition) is 6. The van der Waals surface area contributed by atoms with Crippen molar-refractivity contribution in [1.82, 2.24) is 15.5 Å². The predicted molar refractivity (Wildman–Crippen MR) is 62.9 cm³/mol. The summed E-state index contributed by atoms with van der Waals surface area (Å²) in [5.74, 6) is 1.29. The fourth-order valence-electron chi connectivity index (χ4n) is 2.25. The van der Waals surface area contributed by atoms with Crippen LogP contribution in [0, 0.1) is 0 Å². The Morgan fingerprint density at radius 3 is 2.83 bits per heavy atom. The molecule has 1 aromatic heterocycles. The van der Waals surface area contributed by atoms with Gasteiger partial charge in [0.15, 0.2) is 0 Å². The van der Waals surface area contributed by atoms with E-state index in [1.165, 1.54) is 12.8 Å². The van der Waals surface area contributed by atoms with E-state index in [1.54, 1.807) is 7.11 Å². The number of nitrogens with one attached hydrogen (secondary N) is 1. The molecule has 2 fully saturated rings. The van der Waals surface area contributed by atoms with Crippen LogP contribution < -0.4 is 5.32 Å². The van der Waals surface area contributed by atoms with Crippen LogP contribution in [0.25, 0.3) is 0 Å². The van der Waals surface area contributed by atoms with Crippen LogP contribution in [-0.2, 0) is 21.6 Å². The van der Waals surface area contributed by atoms with Gasteiger partial charge in [-0.25, -0.2) is 0 Å². The van der Waals surface area contributed by atoms with Crippen molar-refractivity contribution in [2.75, 3.05) is 20.3 Å². The molecule has 0 aromatic carbocycles. The van der Waals surface area contributed by atoms with Gasteiger partial charge in [-0.2, -0.15) is 4.98 Å². The first-order valence-electron chi connectivity index (χ1n) is 6.52. The van der Waals surface area contributed by atoms with E-state index in [9.17, 15) is 0 Å². The molecule has 1 saturated carbocycles. The molecule has 6 nitrogen and oxygen atoms in total. The molecular weight excluding hydrogens is 234 g/mol. The van der Waals surface area contributed by atoms with Crippen LogP contribution in [0.15, 0.2) is 4.52 Å². The molecule has 6 heteroatoms. The Morgan fingerprint density at radius 1 is 1.39 bits per heavy atom. The van der Waals surface area contributed by atoms with Gasteiger partial charge in [0.25, 0.3) is 0 Å². The normalized spacial score (nSPS) is 23.2. The summed E-state index contributed by atoms with van der Waals surface area (Å²) in [6.07, 6.45) is 4.05. The fourth-order valence-corrected chi connectivity index (χ4v) is 2.25. The summed E-state index contributed by atoms with van der Waals surface area (Å²) in [6.45, 7) is 2.00. The van der Waals surface area contributed by atoms with Crippen molar-refractivity contribution < 1.29 is 14.0 Å². The van der Waals surface area contributed by atoms with Crippen molar-refractivity contribution in [2.45, 2.75) is 43.9 Å². The third-order valence-electron chi connectivity index (χ3n) is 3.69. The second-order valence-electron chi connectivity index (χ2n) is 4.98. The lowest BCUT2D eigenvalue weighted by molar-refractivity contribution is -0.101. The average Bonchev–Trinajstić information content (AvgIpc) is 3.14. The van der Waals surface area contributed by atoms with Crippen LogP contribution in [-0.4, -0.2) is 36.5 Å². The van der Waals surface area contributed by atoms with Crippen LogP contribution in [0.5, 0.6) is 0 Å². The van der Waals surface area contributed by atoms with Crippen molar-refractivity contribution in [2.24, 2.45) is 0 Å². The van der Waals surface area contributed by atoms with Gasteiger partial charge >= 0.3 is 0 Å². The predicted octanol–water partition coefficient (Wildman–Crippen LogP) is 0.974. The largest absolute Gasteiger partial charge is 0.381 e. The quantitative estimate of drug-likeness (QED) is 0.843. The zero-order valence-corrected chi connectivity index (χ0v) is 10.6. The highest BCUT2D eigenvalue weighted by molar-refractivity contribution is 5.03. The number of aromatic nitrogens is 2. The van der Waals surface area contributed by atoms with Gasteiger partial charge in [-0.1, -0.05) is 5.16 Å². The Bertz CT molecular complexity index is 397. The molecular formula is C12H19N3O3. The van der Waals surface area contributed by atoms with Crippen LogP contribution in [0.1, 0.15) is 37.4 Å². The molecule has 0 bridgehead atoms. The minimum Gasteiger partial charge on any atom is -0.381 e. The van der Waals surface area contributed by atoms with Gasteiger partial charge in [0.2, 0.25) is 11.7 Å². The maximum atomic E-state index is 5.63. The van der Waals surface area contributed by atoms with Crippen molar-refractivity contribution in [3.63, 3.8) is 0 Å². The molecule has 3 rings (SSSR count). The molecule has 1 aromatic rings. The average molecular weight is 253 g/mol. The molecule has 1 aliphatic heterocycles. The number of hydrogen-bond donors (Lipinski definition) is 1. The van der Waals surface area contributed by atoms with Gasteiger partial charge in [-0.05, 0) is 12.8 Å². The Hall–Kier alpha value is -0.980. The maximum absolute atomic E-state index is 5.63. The van der Waals surface area contributed by atoms with Gasteiger partial charge < -0.3 is 19.3 Å². The summed E-state index contributed by atoms with van der Waals surface area (Å²) in [5.41, 5.74) is -0.431. The number of methoxy groups -OCH3 is 1. The third kappa shape index (κ3) is 2.41. The minimum atomic E-state index is -0.431. The first-order valence-corrected chi connectivity index (χ1v) is 6.52. The van der Waals surface area contributed by atoms with E-state index in [0.29, 0.717) is 37.5 Å². The highest BCUT2D eigenvalue weighted by Crippen LogP contribution is 2.33. The lowest BCUT2D eigenvalue weighted by atomic mass is 9.93. The second-order valence-corrected chi connectivity index (χ2v) is 4.98. The van der Waals surface area contributed by atoms with Gasteiger partial charge in [-0.3, -0.25) is 0 Å². The molecule has 0 spiro atoms. The minimum absolute atomic E-state index is 0.431. The van der Waals surface area contributed by atoms with E-state index in [1.807, 2.05) is 0 Å². The number of nitrogens with zero attached hydrogens (tertiary/aromatic N) is 2.